The maximum atomic E-state index is 4.21. The summed E-state index contributed by atoms with van der Waals surface area (Å²) in [7, 11) is 0. The van der Waals surface area contributed by atoms with Gasteiger partial charge in [0.05, 0.1) is 5.41 Å². The lowest BCUT2D eigenvalue weighted by atomic mass is 9.55. The first kappa shape index (κ1) is 41.3. The van der Waals surface area contributed by atoms with Crippen molar-refractivity contribution in [3.63, 3.8) is 0 Å². The third kappa shape index (κ3) is 6.59. The molecule has 0 saturated heterocycles. The normalized spacial score (nSPS) is 19.6. The fraction of sp³-hybridized carbons (Fsp3) is 0.206. The molecule has 1 spiro atoms. The summed E-state index contributed by atoms with van der Waals surface area (Å²) in [4.78, 5) is 2.34. The number of rotatable bonds is 10. The van der Waals surface area contributed by atoms with E-state index in [-0.39, 0.29) is 10.8 Å². The molecule has 0 aromatic heterocycles. The predicted octanol–water partition coefficient (Wildman–Crippen LogP) is 15.9. The van der Waals surface area contributed by atoms with E-state index in [1.54, 1.807) is 0 Å². The van der Waals surface area contributed by atoms with Crippen molar-refractivity contribution >= 4 is 11.3 Å². The van der Waals surface area contributed by atoms with Gasteiger partial charge in [-0.1, -0.05) is 204 Å². The van der Waals surface area contributed by atoms with E-state index in [9.17, 15) is 0 Å². The van der Waals surface area contributed by atoms with Crippen LogP contribution in [0.4, 0.5) is 5.69 Å². The Morgan fingerprint density at radius 3 is 2.06 bits per heavy atom. The van der Waals surface area contributed by atoms with Gasteiger partial charge in [0, 0.05) is 23.0 Å². The van der Waals surface area contributed by atoms with Crippen LogP contribution in [0.3, 0.4) is 0 Å². The van der Waals surface area contributed by atoms with E-state index in [1.807, 2.05) is 6.08 Å². The van der Waals surface area contributed by atoms with Gasteiger partial charge in [-0.05, 0) is 146 Å². The second-order valence-corrected chi connectivity index (χ2v) is 19.2. The number of benzene rings is 6. The van der Waals surface area contributed by atoms with Crippen LogP contribution in [-0.4, -0.2) is 0 Å². The topological polar surface area (TPSA) is 3.24 Å². The smallest absolute Gasteiger partial charge is 0.0719 e. The number of anilines is 1. The number of hydrogen-bond donors (Lipinski definition) is 0. The summed E-state index contributed by atoms with van der Waals surface area (Å²) in [6, 6.07) is 52.6. The van der Waals surface area contributed by atoms with Gasteiger partial charge in [0.1, 0.15) is 0 Å². The molecule has 6 aromatic rings. The van der Waals surface area contributed by atoms with E-state index < -0.39 is 5.41 Å². The molecule has 64 heavy (non-hydrogen) atoms. The van der Waals surface area contributed by atoms with Crippen molar-refractivity contribution < 1.29 is 0 Å². The van der Waals surface area contributed by atoms with Crippen LogP contribution in [0.2, 0.25) is 0 Å². The molecule has 0 radical (unpaired) electrons. The highest BCUT2D eigenvalue weighted by atomic mass is 15.1. The number of nitrogens with zero attached hydrogens (tertiary/aromatic N) is 1. The van der Waals surface area contributed by atoms with Gasteiger partial charge in [0.25, 0.3) is 0 Å². The van der Waals surface area contributed by atoms with E-state index in [4.69, 9.17) is 0 Å². The largest absolute Gasteiger partial charge is 0.317 e. The maximum absolute atomic E-state index is 4.21. The van der Waals surface area contributed by atoms with Gasteiger partial charge in [-0.3, -0.25) is 0 Å². The van der Waals surface area contributed by atoms with Crippen LogP contribution in [0.15, 0.2) is 219 Å². The molecular formula is C63H59N. The Morgan fingerprint density at radius 1 is 0.672 bits per heavy atom. The van der Waals surface area contributed by atoms with Crippen molar-refractivity contribution in [2.24, 2.45) is 5.92 Å². The van der Waals surface area contributed by atoms with Gasteiger partial charge < -0.3 is 4.90 Å². The molecule has 4 aliphatic carbocycles. The summed E-state index contributed by atoms with van der Waals surface area (Å²) in [6.45, 7) is 15.9. The van der Waals surface area contributed by atoms with Crippen molar-refractivity contribution in [3.8, 4) is 11.1 Å². The molecule has 1 heteroatoms. The fourth-order valence-electron chi connectivity index (χ4n) is 12.0. The van der Waals surface area contributed by atoms with Crippen LogP contribution < -0.4 is 4.90 Å². The molecule has 1 nitrogen and oxygen atoms in total. The number of allylic oxidation sites excluding steroid dienone is 11. The zero-order valence-corrected chi connectivity index (χ0v) is 38.1. The molecule has 2 unspecified atom stereocenters. The summed E-state index contributed by atoms with van der Waals surface area (Å²) in [6.07, 6.45) is 27.6. The Balaban J connectivity index is 1.05. The first-order valence-electron chi connectivity index (χ1n) is 23.3. The lowest BCUT2D eigenvalue weighted by Gasteiger charge is -2.46. The summed E-state index contributed by atoms with van der Waals surface area (Å²) in [5, 5.41) is 0. The average Bonchev–Trinajstić information content (AvgIpc) is 3.74. The molecule has 0 aliphatic heterocycles. The zero-order chi connectivity index (χ0) is 44.1. The minimum Gasteiger partial charge on any atom is -0.317 e. The van der Waals surface area contributed by atoms with Crippen LogP contribution in [0.25, 0.3) is 16.7 Å². The summed E-state index contributed by atoms with van der Waals surface area (Å²) in [5.74, 6) is 1.10. The van der Waals surface area contributed by atoms with Gasteiger partial charge in [-0.2, -0.15) is 0 Å². The molecule has 0 heterocycles. The van der Waals surface area contributed by atoms with Crippen LogP contribution in [0, 0.1) is 5.92 Å². The van der Waals surface area contributed by atoms with Crippen molar-refractivity contribution in [3.05, 3.63) is 274 Å². The quantitative estimate of drug-likeness (QED) is 0.0980. The SMILES string of the molecule is C=C/C=C(\C=C/Cc1ccc2c(c1)C1(c3ccccc3-2)c2ccccc2C(C)(C)c2ccccc21)N(/C=C/C=C(\C=C/C)c1ccccc1)c1ccc2c(c1)C(C)(C)C1C=CCCC21. The highest BCUT2D eigenvalue weighted by Crippen LogP contribution is 2.62. The monoisotopic (exact) mass is 829 g/mol. The average molecular weight is 830 g/mol. The van der Waals surface area contributed by atoms with Crippen molar-refractivity contribution in [1.29, 1.82) is 0 Å². The Bertz CT molecular complexity index is 2910. The van der Waals surface area contributed by atoms with Crippen LogP contribution >= 0.6 is 0 Å². The van der Waals surface area contributed by atoms with E-state index >= 15 is 0 Å². The molecule has 0 N–H and O–H groups in total. The summed E-state index contributed by atoms with van der Waals surface area (Å²) < 4.78 is 0. The highest BCUT2D eigenvalue weighted by molar-refractivity contribution is 5.88. The molecule has 0 saturated carbocycles. The summed E-state index contributed by atoms with van der Waals surface area (Å²) >= 11 is 0. The van der Waals surface area contributed by atoms with Gasteiger partial charge in [-0.25, -0.2) is 0 Å². The Morgan fingerprint density at radius 2 is 1.34 bits per heavy atom. The zero-order valence-electron chi connectivity index (χ0n) is 38.1. The molecule has 10 rings (SSSR count). The van der Waals surface area contributed by atoms with E-state index in [1.165, 1.54) is 78.8 Å². The highest BCUT2D eigenvalue weighted by Gasteiger charge is 2.53. The van der Waals surface area contributed by atoms with E-state index in [0.29, 0.717) is 11.8 Å². The Kier molecular flexibility index (Phi) is 10.6. The van der Waals surface area contributed by atoms with Gasteiger partial charge in [-0.15, -0.1) is 0 Å². The molecular weight excluding hydrogens is 771 g/mol. The fourth-order valence-corrected chi connectivity index (χ4v) is 12.0. The van der Waals surface area contributed by atoms with E-state index in [0.717, 1.165) is 24.2 Å². The van der Waals surface area contributed by atoms with Crippen molar-refractivity contribution in [1.82, 2.24) is 0 Å². The minimum atomic E-state index is -0.405. The molecule has 0 fully saturated rings. The Labute approximate surface area is 381 Å². The lowest BCUT2D eigenvalue weighted by Crippen LogP contribution is -2.40. The van der Waals surface area contributed by atoms with E-state index in [2.05, 4.69) is 247 Å². The van der Waals surface area contributed by atoms with Crippen molar-refractivity contribution in [2.75, 3.05) is 4.90 Å². The third-order valence-corrected chi connectivity index (χ3v) is 15.0. The number of hydrogen-bond acceptors (Lipinski definition) is 1. The molecule has 2 atom stereocenters. The molecule has 4 aliphatic rings. The maximum Gasteiger partial charge on any atom is 0.0719 e. The molecule has 0 bridgehead atoms. The first-order valence-corrected chi connectivity index (χ1v) is 23.3. The second kappa shape index (κ2) is 16.5. The first-order chi connectivity index (χ1) is 31.2. The van der Waals surface area contributed by atoms with Crippen LogP contribution in [0.5, 0.6) is 0 Å². The summed E-state index contributed by atoms with van der Waals surface area (Å²) in [5.41, 5.74) is 19.3. The van der Waals surface area contributed by atoms with Crippen molar-refractivity contribution in [2.45, 2.75) is 76.0 Å². The predicted molar refractivity (Wildman–Crippen MR) is 272 cm³/mol. The minimum absolute atomic E-state index is 0.0481. The van der Waals surface area contributed by atoms with Gasteiger partial charge in [0.2, 0.25) is 0 Å². The lowest BCUT2D eigenvalue weighted by molar-refractivity contribution is 0.347. The number of fused-ring (bicyclic) bond motifs is 12. The second-order valence-electron chi connectivity index (χ2n) is 19.2. The Hall–Kier alpha value is -6.70. The molecule has 6 aromatic carbocycles. The molecule has 0 amide bonds. The van der Waals surface area contributed by atoms with Gasteiger partial charge >= 0.3 is 0 Å². The standard InChI is InChI=1S/C63H59N/c1-7-22-45(46-25-10-9-11-26-46)27-21-41-64(48-38-40-51-49-29-12-14-31-53(49)61(3,4)59(51)43-48)47(23-8-2)28-20-24-44-37-39-52-50-30-13-15-32-54(50)63(60(52)42-44)57-35-18-16-33-55(57)62(5,6)56-34-17-19-36-58(56)63/h7-11,13-23,25-28,30-43,49,53H,2,12,24,29H2,1,3-6H3/b22-7-,28-20-,41-21+,45-27+,47-23+. The van der Waals surface area contributed by atoms with Crippen LogP contribution in [0.1, 0.15) is 109 Å². The third-order valence-electron chi connectivity index (χ3n) is 15.0. The van der Waals surface area contributed by atoms with Crippen LogP contribution in [-0.2, 0) is 22.7 Å². The van der Waals surface area contributed by atoms with Gasteiger partial charge in [0.15, 0.2) is 0 Å². The molecule has 316 valence electrons.